The number of alkyl carbamates (subject to hydrolysis) is 1. The lowest BCUT2D eigenvalue weighted by Gasteiger charge is -2.38. The molecule has 1 saturated carbocycles. The fourth-order valence-corrected chi connectivity index (χ4v) is 4.62. The first-order chi connectivity index (χ1) is 15.9. The van der Waals surface area contributed by atoms with Crippen LogP contribution in [0, 0.1) is 23.7 Å². The highest BCUT2D eigenvalue weighted by Crippen LogP contribution is 2.41. The number of nitrogens with one attached hydrogen (secondary N) is 2. The fraction of sp³-hybridized carbons (Fsp3) is 0.643. The molecule has 2 amide bonds. The average molecular weight is 473 g/mol. The van der Waals surface area contributed by atoms with E-state index in [2.05, 4.69) is 38.0 Å². The number of hydrogen-bond acceptors (Lipinski definition) is 4. The van der Waals surface area contributed by atoms with Crippen molar-refractivity contribution >= 4 is 12.0 Å². The number of allylic oxidation sites excluding steroid dienone is 1. The molecule has 6 heteroatoms. The SMILES string of the molecule is C=C(OC[C@@H](NC(=O)[C@@H](C)NC(=O)OC(C)(C)C)c1ccccc1)[C@@H]1C[C@H](C)CC[C@H]1C(C)C. The van der Waals surface area contributed by atoms with Gasteiger partial charge in [-0.1, -0.05) is 64.1 Å². The van der Waals surface area contributed by atoms with Crippen LogP contribution in [0.25, 0.3) is 0 Å². The van der Waals surface area contributed by atoms with Crippen molar-refractivity contribution in [3.05, 3.63) is 48.2 Å². The summed E-state index contributed by atoms with van der Waals surface area (Å²) in [5.41, 5.74) is 0.302. The molecule has 0 saturated heterocycles. The van der Waals surface area contributed by atoms with E-state index in [1.807, 2.05) is 30.3 Å². The van der Waals surface area contributed by atoms with Gasteiger partial charge in [0.25, 0.3) is 0 Å². The molecule has 1 aliphatic rings. The van der Waals surface area contributed by atoms with Crippen molar-refractivity contribution < 1.29 is 19.1 Å². The second-order valence-corrected chi connectivity index (χ2v) is 11.0. The van der Waals surface area contributed by atoms with E-state index in [-0.39, 0.29) is 18.6 Å². The smallest absolute Gasteiger partial charge is 0.408 e. The van der Waals surface area contributed by atoms with Crippen molar-refractivity contribution in [3.8, 4) is 0 Å². The first kappa shape index (κ1) is 27.7. The molecule has 6 nitrogen and oxygen atoms in total. The Hall–Kier alpha value is -2.50. The molecule has 190 valence electrons. The van der Waals surface area contributed by atoms with Gasteiger partial charge in [0, 0.05) is 5.92 Å². The second-order valence-electron chi connectivity index (χ2n) is 11.0. The van der Waals surface area contributed by atoms with Crippen LogP contribution in [0.4, 0.5) is 4.79 Å². The largest absolute Gasteiger partial charge is 0.496 e. The molecule has 0 bridgehead atoms. The van der Waals surface area contributed by atoms with E-state index in [0.717, 1.165) is 17.7 Å². The van der Waals surface area contributed by atoms with Crippen molar-refractivity contribution in [3.63, 3.8) is 0 Å². The van der Waals surface area contributed by atoms with Gasteiger partial charge in [0.2, 0.25) is 5.91 Å². The molecule has 2 rings (SSSR count). The van der Waals surface area contributed by atoms with E-state index in [1.165, 1.54) is 12.8 Å². The molecule has 1 aromatic rings. The van der Waals surface area contributed by atoms with Crippen LogP contribution in [0.1, 0.15) is 79.3 Å². The van der Waals surface area contributed by atoms with Gasteiger partial charge >= 0.3 is 6.09 Å². The maximum Gasteiger partial charge on any atom is 0.408 e. The Morgan fingerprint density at radius 2 is 1.74 bits per heavy atom. The Kier molecular flexibility index (Phi) is 10.0. The van der Waals surface area contributed by atoms with Crippen LogP contribution >= 0.6 is 0 Å². The van der Waals surface area contributed by atoms with E-state index in [4.69, 9.17) is 9.47 Å². The summed E-state index contributed by atoms with van der Waals surface area (Å²) in [7, 11) is 0. The Morgan fingerprint density at radius 1 is 1.09 bits per heavy atom. The molecule has 1 aromatic carbocycles. The first-order valence-corrected chi connectivity index (χ1v) is 12.5. The van der Waals surface area contributed by atoms with Gasteiger partial charge in [0.05, 0.1) is 11.8 Å². The summed E-state index contributed by atoms with van der Waals surface area (Å²) in [5.74, 6) is 2.61. The van der Waals surface area contributed by atoms with Crippen LogP contribution in [0.15, 0.2) is 42.7 Å². The maximum atomic E-state index is 12.9. The zero-order valence-electron chi connectivity index (χ0n) is 22.0. The summed E-state index contributed by atoms with van der Waals surface area (Å²) in [6.45, 7) is 18.4. The fourth-order valence-electron chi connectivity index (χ4n) is 4.62. The van der Waals surface area contributed by atoms with Crippen LogP contribution in [-0.4, -0.2) is 30.3 Å². The van der Waals surface area contributed by atoms with Gasteiger partial charge in [0.15, 0.2) is 0 Å². The Bertz CT molecular complexity index is 815. The minimum Gasteiger partial charge on any atom is -0.496 e. The van der Waals surface area contributed by atoms with Crippen molar-refractivity contribution in [2.24, 2.45) is 23.7 Å². The number of rotatable bonds is 9. The quantitative estimate of drug-likeness (QED) is 0.433. The van der Waals surface area contributed by atoms with Gasteiger partial charge in [-0.05, 0) is 63.9 Å². The third kappa shape index (κ3) is 8.69. The number of benzene rings is 1. The average Bonchev–Trinajstić information content (AvgIpc) is 2.75. The van der Waals surface area contributed by atoms with Gasteiger partial charge in [-0.15, -0.1) is 0 Å². The molecule has 34 heavy (non-hydrogen) atoms. The Balaban J connectivity index is 2.05. The van der Waals surface area contributed by atoms with Crippen molar-refractivity contribution in [2.45, 2.75) is 85.4 Å². The predicted octanol–water partition coefficient (Wildman–Crippen LogP) is 6.00. The third-order valence-electron chi connectivity index (χ3n) is 6.52. The van der Waals surface area contributed by atoms with Crippen LogP contribution < -0.4 is 10.6 Å². The van der Waals surface area contributed by atoms with Crippen molar-refractivity contribution in [2.75, 3.05) is 6.61 Å². The number of amides is 2. The normalized spacial score (nSPS) is 22.4. The van der Waals surface area contributed by atoms with Crippen LogP contribution in [0.5, 0.6) is 0 Å². The van der Waals surface area contributed by atoms with Gasteiger partial charge < -0.3 is 20.1 Å². The molecule has 2 N–H and O–H groups in total. The Morgan fingerprint density at radius 3 is 2.32 bits per heavy atom. The Labute approximate surface area is 205 Å². The van der Waals surface area contributed by atoms with E-state index in [9.17, 15) is 9.59 Å². The van der Waals surface area contributed by atoms with Gasteiger partial charge in [-0.25, -0.2) is 4.79 Å². The van der Waals surface area contributed by atoms with E-state index >= 15 is 0 Å². The minimum absolute atomic E-state index is 0.281. The highest BCUT2D eigenvalue weighted by Gasteiger charge is 2.34. The zero-order chi connectivity index (χ0) is 25.5. The monoisotopic (exact) mass is 472 g/mol. The lowest BCUT2D eigenvalue weighted by atomic mass is 9.69. The maximum absolute atomic E-state index is 12.9. The number of carbonyl (C=O) groups is 2. The predicted molar refractivity (Wildman–Crippen MR) is 136 cm³/mol. The molecule has 0 aliphatic heterocycles. The van der Waals surface area contributed by atoms with Crippen LogP contribution in [0.3, 0.4) is 0 Å². The molecule has 1 aliphatic carbocycles. The number of hydrogen-bond donors (Lipinski definition) is 2. The third-order valence-corrected chi connectivity index (χ3v) is 6.52. The summed E-state index contributed by atoms with van der Waals surface area (Å²) in [5, 5.41) is 5.63. The minimum atomic E-state index is -0.756. The van der Waals surface area contributed by atoms with Gasteiger partial charge in [0.1, 0.15) is 18.2 Å². The lowest BCUT2D eigenvalue weighted by Crippen LogP contribution is -2.47. The van der Waals surface area contributed by atoms with Gasteiger partial charge in [-0.3, -0.25) is 4.79 Å². The van der Waals surface area contributed by atoms with Gasteiger partial charge in [-0.2, -0.15) is 0 Å². The highest BCUT2D eigenvalue weighted by atomic mass is 16.6. The van der Waals surface area contributed by atoms with E-state index in [1.54, 1.807) is 27.7 Å². The lowest BCUT2D eigenvalue weighted by molar-refractivity contribution is -0.124. The van der Waals surface area contributed by atoms with Crippen molar-refractivity contribution in [1.29, 1.82) is 0 Å². The zero-order valence-corrected chi connectivity index (χ0v) is 22.0. The molecule has 0 spiro atoms. The second kappa shape index (κ2) is 12.3. The summed E-state index contributed by atoms with van der Waals surface area (Å²) in [6, 6.07) is 8.60. The topological polar surface area (TPSA) is 76.7 Å². The highest BCUT2D eigenvalue weighted by molar-refractivity contribution is 5.85. The molecule has 0 aromatic heterocycles. The molecular weight excluding hydrogens is 428 g/mol. The standard InChI is InChI=1S/C28H44N2O4/c1-18(2)23-15-14-19(3)16-24(23)21(5)33-17-25(22-12-10-9-11-13-22)30-26(31)20(4)29-27(32)34-28(6,7)8/h9-13,18-20,23-25H,5,14-17H2,1-4,6-8H3,(H,29,32)(H,30,31)/t19-,20-,23+,24+,25-/m1/s1. The molecule has 0 radical (unpaired) electrons. The molecule has 1 fully saturated rings. The van der Waals surface area contributed by atoms with E-state index in [0.29, 0.717) is 23.7 Å². The molecule has 0 heterocycles. The first-order valence-electron chi connectivity index (χ1n) is 12.5. The summed E-state index contributed by atoms with van der Waals surface area (Å²) in [4.78, 5) is 25.0. The molecule has 5 atom stereocenters. The number of ether oxygens (including phenoxy) is 2. The van der Waals surface area contributed by atoms with E-state index < -0.39 is 17.7 Å². The summed E-state index contributed by atoms with van der Waals surface area (Å²) >= 11 is 0. The molecule has 0 unspecified atom stereocenters. The van der Waals surface area contributed by atoms with Crippen LogP contribution in [0.2, 0.25) is 0 Å². The number of carbonyl (C=O) groups excluding carboxylic acids is 2. The molecular formula is C28H44N2O4. The van der Waals surface area contributed by atoms with Crippen LogP contribution in [-0.2, 0) is 14.3 Å². The summed E-state index contributed by atoms with van der Waals surface area (Å²) < 4.78 is 11.5. The van der Waals surface area contributed by atoms with Crippen molar-refractivity contribution in [1.82, 2.24) is 10.6 Å². The summed E-state index contributed by atoms with van der Waals surface area (Å²) in [6.07, 6.45) is 2.90.